The first kappa shape index (κ1) is 19.5. The van der Waals surface area contributed by atoms with Crippen LogP contribution in [0.15, 0.2) is 12.3 Å². The Balaban J connectivity index is 2.14. The van der Waals surface area contributed by atoms with Crippen molar-refractivity contribution < 1.29 is 27.8 Å². The second-order valence-electron chi connectivity index (χ2n) is 7.35. The summed E-state index contributed by atoms with van der Waals surface area (Å²) in [6.45, 7) is 6.93. The van der Waals surface area contributed by atoms with Crippen LogP contribution in [0.4, 0.5) is 18.0 Å². The van der Waals surface area contributed by atoms with E-state index in [-0.39, 0.29) is 37.2 Å². The summed E-state index contributed by atoms with van der Waals surface area (Å²) < 4.78 is 44.4. The molecule has 1 saturated heterocycles. The molecule has 0 spiro atoms. The first-order valence-electron chi connectivity index (χ1n) is 8.06. The van der Waals surface area contributed by atoms with Gasteiger partial charge in [0.25, 0.3) is 0 Å². The minimum Gasteiger partial charge on any atom is -0.444 e. The maximum absolute atomic E-state index is 13.1. The number of ether oxygens (including phenoxy) is 1. The van der Waals surface area contributed by atoms with Gasteiger partial charge in [-0.15, -0.1) is 0 Å². The number of carbonyl (C=O) groups excluding carboxylic acids is 1. The molecule has 0 atom stereocenters. The van der Waals surface area contributed by atoms with Crippen molar-refractivity contribution in [1.29, 1.82) is 0 Å². The van der Waals surface area contributed by atoms with Gasteiger partial charge < -0.3 is 14.7 Å². The minimum absolute atomic E-state index is 0.119. The van der Waals surface area contributed by atoms with Crippen molar-refractivity contribution in [3.63, 3.8) is 0 Å². The fourth-order valence-electron chi connectivity index (χ4n) is 2.75. The first-order valence-corrected chi connectivity index (χ1v) is 8.06. The van der Waals surface area contributed by atoms with Crippen LogP contribution < -0.4 is 0 Å². The third kappa shape index (κ3) is 4.62. The molecule has 0 bridgehead atoms. The Hall–Kier alpha value is -1.83. The predicted octanol–water partition coefficient (Wildman–Crippen LogP) is 3.63. The number of amides is 1. The maximum atomic E-state index is 13.1. The molecule has 0 aliphatic carbocycles. The van der Waals surface area contributed by atoms with Crippen LogP contribution >= 0.6 is 0 Å². The number of aromatic nitrogens is 1. The number of rotatable bonds is 1. The number of aryl methyl sites for hydroxylation is 1. The summed E-state index contributed by atoms with van der Waals surface area (Å²) in [5, 5.41) is 10.8. The van der Waals surface area contributed by atoms with E-state index in [0.29, 0.717) is 0 Å². The van der Waals surface area contributed by atoms with Gasteiger partial charge in [0, 0.05) is 30.5 Å². The van der Waals surface area contributed by atoms with E-state index >= 15 is 0 Å². The minimum atomic E-state index is -4.53. The second-order valence-corrected chi connectivity index (χ2v) is 7.35. The third-order valence-corrected chi connectivity index (χ3v) is 4.17. The van der Waals surface area contributed by atoms with Gasteiger partial charge in [-0.2, -0.15) is 13.2 Å². The van der Waals surface area contributed by atoms with E-state index in [4.69, 9.17) is 4.74 Å². The fourth-order valence-corrected chi connectivity index (χ4v) is 2.75. The number of pyridine rings is 1. The smallest absolute Gasteiger partial charge is 0.418 e. The summed E-state index contributed by atoms with van der Waals surface area (Å²) >= 11 is 0. The average Bonchev–Trinajstić information content (AvgIpc) is 2.45. The van der Waals surface area contributed by atoms with Gasteiger partial charge in [0.1, 0.15) is 5.60 Å². The molecular weight excluding hydrogens is 337 g/mol. The number of halogens is 3. The van der Waals surface area contributed by atoms with E-state index in [9.17, 15) is 23.1 Å². The number of aliphatic hydroxyl groups is 1. The van der Waals surface area contributed by atoms with Crippen molar-refractivity contribution >= 4 is 6.09 Å². The van der Waals surface area contributed by atoms with Gasteiger partial charge in [-0.3, -0.25) is 4.98 Å². The van der Waals surface area contributed by atoms with E-state index in [0.717, 1.165) is 6.07 Å². The SMILES string of the molecule is Cc1ncc(C2(O)CCN(C(=O)OC(C)(C)C)CC2)cc1C(F)(F)F. The molecule has 2 rings (SSSR count). The highest BCUT2D eigenvalue weighted by molar-refractivity contribution is 5.68. The third-order valence-electron chi connectivity index (χ3n) is 4.17. The van der Waals surface area contributed by atoms with E-state index in [1.807, 2.05) is 0 Å². The quantitative estimate of drug-likeness (QED) is 0.831. The van der Waals surface area contributed by atoms with Gasteiger partial charge in [-0.1, -0.05) is 0 Å². The molecule has 1 aliphatic heterocycles. The van der Waals surface area contributed by atoms with Gasteiger partial charge in [0.2, 0.25) is 0 Å². The molecule has 1 fully saturated rings. The average molecular weight is 360 g/mol. The molecule has 0 aromatic carbocycles. The van der Waals surface area contributed by atoms with Gasteiger partial charge >= 0.3 is 12.3 Å². The number of piperidine rings is 1. The molecule has 8 heteroatoms. The van der Waals surface area contributed by atoms with Crippen LogP contribution in [-0.4, -0.2) is 39.8 Å². The zero-order chi connectivity index (χ0) is 19.0. The lowest BCUT2D eigenvalue weighted by atomic mass is 9.84. The number of likely N-dealkylation sites (tertiary alicyclic amines) is 1. The van der Waals surface area contributed by atoms with Crippen LogP contribution in [0.1, 0.15) is 50.4 Å². The van der Waals surface area contributed by atoms with Crippen LogP contribution in [-0.2, 0) is 16.5 Å². The molecule has 1 aliphatic rings. The first-order chi connectivity index (χ1) is 11.3. The second kappa shape index (κ2) is 6.48. The Bertz CT molecular complexity index is 646. The van der Waals surface area contributed by atoms with Crippen LogP contribution in [0.25, 0.3) is 0 Å². The summed E-state index contributed by atoms with van der Waals surface area (Å²) in [6, 6.07) is 0.950. The van der Waals surface area contributed by atoms with Crippen LogP contribution in [0.2, 0.25) is 0 Å². The van der Waals surface area contributed by atoms with Crippen LogP contribution in [0.5, 0.6) is 0 Å². The normalized spacial score (nSPS) is 18.2. The summed E-state index contributed by atoms with van der Waals surface area (Å²) in [5.74, 6) is 0. The van der Waals surface area contributed by atoms with Gasteiger partial charge in [0.15, 0.2) is 0 Å². The number of hydrogen-bond acceptors (Lipinski definition) is 4. The van der Waals surface area contributed by atoms with Gasteiger partial charge in [-0.05, 0) is 46.6 Å². The van der Waals surface area contributed by atoms with Crippen molar-refractivity contribution in [2.75, 3.05) is 13.1 Å². The molecule has 25 heavy (non-hydrogen) atoms. The zero-order valence-electron chi connectivity index (χ0n) is 14.8. The number of alkyl halides is 3. The van der Waals surface area contributed by atoms with Gasteiger partial charge in [0.05, 0.1) is 11.2 Å². The molecule has 1 aromatic rings. The van der Waals surface area contributed by atoms with Gasteiger partial charge in [-0.25, -0.2) is 4.79 Å². The van der Waals surface area contributed by atoms with Crippen molar-refractivity contribution in [2.45, 2.75) is 57.9 Å². The molecule has 0 radical (unpaired) electrons. The molecule has 0 unspecified atom stereocenters. The summed E-state index contributed by atoms with van der Waals surface area (Å²) in [6.07, 6.45) is -3.51. The lowest BCUT2D eigenvalue weighted by Gasteiger charge is -2.39. The van der Waals surface area contributed by atoms with Crippen molar-refractivity contribution in [3.8, 4) is 0 Å². The number of carbonyl (C=O) groups is 1. The Morgan fingerprint density at radius 3 is 2.32 bits per heavy atom. The van der Waals surface area contributed by atoms with Crippen LogP contribution in [0.3, 0.4) is 0 Å². The Morgan fingerprint density at radius 2 is 1.84 bits per heavy atom. The standard InChI is InChI=1S/C17H23F3N2O3/c1-11-13(17(18,19)20)9-12(10-21-11)16(24)5-7-22(8-6-16)14(23)25-15(2,3)4/h9-10,24H,5-8H2,1-4H3. The van der Waals surface area contributed by atoms with Crippen LogP contribution in [0, 0.1) is 6.92 Å². The molecule has 0 saturated carbocycles. The lowest BCUT2D eigenvalue weighted by molar-refractivity contribution is -0.138. The molecule has 140 valence electrons. The highest BCUT2D eigenvalue weighted by atomic mass is 19.4. The predicted molar refractivity (Wildman–Crippen MR) is 84.9 cm³/mol. The Labute approximate surface area is 144 Å². The molecular formula is C17H23F3N2O3. The van der Waals surface area contributed by atoms with Crippen molar-refractivity contribution in [2.24, 2.45) is 0 Å². The zero-order valence-corrected chi connectivity index (χ0v) is 14.8. The monoisotopic (exact) mass is 360 g/mol. The summed E-state index contributed by atoms with van der Waals surface area (Å²) in [4.78, 5) is 17.3. The Morgan fingerprint density at radius 1 is 1.28 bits per heavy atom. The number of hydrogen-bond donors (Lipinski definition) is 1. The number of nitrogens with zero attached hydrogens (tertiary/aromatic N) is 2. The highest BCUT2D eigenvalue weighted by Crippen LogP contribution is 2.37. The van der Waals surface area contributed by atoms with Crippen molar-refractivity contribution in [3.05, 3.63) is 29.1 Å². The van der Waals surface area contributed by atoms with Crippen molar-refractivity contribution in [1.82, 2.24) is 9.88 Å². The molecule has 1 aromatic heterocycles. The van der Waals surface area contributed by atoms with E-state index in [1.54, 1.807) is 20.8 Å². The largest absolute Gasteiger partial charge is 0.444 e. The lowest BCUT2D eigenvalue weighted by Crippen LogP contribution is -2.46. The van der Waals surface area contributed by atoms with E-state index < -0.39 is 29.0 Å². The molecule has 1 N–H and O–H groups in total. The topological polar surface area (TPSA) is 62.7 Å². The Kier molecular flexibility index (Phi) is 5.05. The molecule has 1 amide bonds. The van der Waals surface area contributed by atoms with E-state index in [1.165, 1.54) is 18.0 Å². The fraction of sp³-hybridized carbons (Fsp3) is 0.647. The van der Waals surface area contributed by atoms with E-state index in [2.05, 4.69) is 4.98 Å². The highest BCUT2D eigenvalue weighted by Gasteiger charge is 2.40. The maximum Gasteiger partial charge on any atom is 0.418 e. The summed E-state index contributed by atoms with van der Waals surface area (Å²) in [7, 11) is 0. The summed E-state index contributed by atoms with van der Waals surface area (Å²) in [5.41, 5.74) is -2.94. The molecule has 2 heterocycles. The molecule has 5 nitrogen and oxygen atoms in total.